The molecule has 0 aliphatic rings. The number of benzene rings is 1. The van der Waals surface area contributed by atoms with Gasteiger partial charge >= 0.3 is 0 Å². The van der Waals surface area contributed by atoms with E-state index in [1.165, 1.54) is 0 Å². The minimum Gasteiger partial charge on any atom is -0.380 e. The van der Waals surface area contributed by atoms with Gasteiger partial charge in [0.2, 0.25) is 5.91 Å². The molecular formula is C14H22N2O2. The van der Waals surface area contributed by atoms with Crippen LogP contribution >= 0.6 is 0 Å². The Morgan fingerprint density at radius 3 is 2.56 bits per heavy atom. The number of carbonyl (C=O) groups excluding carboxylic acids is 1. The van der Waals surface area contributed by atoms with Crippen LogP contribution in [0, 0.1) is 0 Å². The minimum absolute atomic E-state index is 0.00257. The number of para-hydroxylation sites is 1. The van der Waals surface area contributed by atoms with Crippen LogP contribution < -0.4 is 10.6 Å². The summed E-state index contributed by atoms with van der Waals surface area (Å²) in [5.74, 6) is -0.00257. The van der Waals surface area contributed by atoms with Crippen LogP contribution in [0.15, 0.2) is 24.3 Å². The summed E-state index contributed by atoms with van der Waals surface area (Å²) in [6.07, 6.45) is 0. The van der Waals surface area contributed by atoms with Gasteiger partial charge in [0.1, 0.15) is 6.04 Å². The van der Waals surface area contributed by atoms with Crippen molar-refractivity contribution in [3.63, 3.8) is 0 Å². The van der Waals surface area contributed by atoms with Crippen molar-refractivity contribution in [1.82, 2.24) is 5.32 Å². The number of nitrogens with one attached hydrogen (secondary N) is 2. The van der Waals surface area contributed by atoms with Crippen molar-refractivity contribution in [3.8, 4) is 0 Å². The Bertz CT molecular complexity index is 391. The zero-order valence-corrected chi connectivity index (χ0v) is 11.5. The van der Waals surface area contributed by atoms with Gasteiger partial charge in [0.15, 0.2) is 0 Å². The Balaban J connectivity index is 2.69. The van der Waals surface area contributed by atoms with Crippen molar-refractivity contribution < 1.29 is 9.53 Å². The van der Waals surface area contributed by atoms with Crippen LogP contribution in [-0.2, 0) is 16.1 Å². The van der Waals surface area contributed by atoms with E-state index in [0.29, 0.717) is 6.61 Å². The summed E-state index contributed by atoms with van der Waals surface area (Å²) < 4.78 is 5.13. The average Bonchev–Trinajstić information content (AvgIpc) is 2.31. The van der Waals surface area contributed by atoms with E-state index >= 15 is 0 Å². The normalized spacial score (nSPS) is 12.3. The monoisotopic (exact) mass is 250 g/mol. The highest BCUT2D eigenvalue weighted by Gasteiger charge is 2.14. The lowest BCUT2D eigenvalue weighted by molar-refractivity contribution is -0.122. The first-order chi connectivity index (χ1) is 8.54. The van der Waals surface area contributed by atoms with Gasteiger partial charge in [-0.25, -0.2) is 0 Å². The van der Waals surface area contributed by atoms with Gasteiger partial charge in [0.05, 0.1) is 6.61 Å². The molecule has 1 amide bonds. The van der Waals surface area contributed by atoms with Gasteiger partial charge in [0, 0.05) is 24.4 Å². The summed E-state index contributed by atoms with van der Waals surface area (Å²) in [6, 6.07) is 7.71. The predicted octanol–water partition coefficient (Wildman–Crippen LogP) is 2.16. The summed E-state index contributed by atoms with van der Waals surface area (Å²) in [6.45, 7) is 6.27. The molecular weight excluding hydrogens is 228 g/mol. The van der Waals surface area contributed by atoms with E-state index in [1.54, 1.807) is 7.11 Å². The highest BCUT2D eigenvalue weighted by molar-refractivity contribution is 5.84. The Morgan fingerprint density at radius 2 is 1.94 bits per heavy atom. The molecule has 0 saturated heterocycles. The summed E-state index contributed by atoms with van der Waals surface area (Å²) >= 11 is 0. The Labute approximate surface area is 109 Å². The van der Waals surface area contributed by atoms with Crippen LogP contribution in [0.2, 0.25) is 0 Å². The van der Waals surface area contributed by atoms with Crippen LogP contribution in [0.3, 0.4) is 0 Å². The maximum absolute atomic E-state index is 11.8. The number of hydrogen-bond acceptors (Lipinski definition) is 3. The maximum Gasteiger partial charge on any atom is 0.242 e. The maximum atomic E-state index is 11.8. The first kappa shape index (κ1) is 14.5. The van der Waals surface area contributed by atoms with Crippen LogP contribution in [0.5, 0.6) is 0 Å². The van der Waals surface area contributed by atoms with Crippen molar-refractivity contribution in [1.29, 1.82) is 0 Å². The number of anilines is 1. The first-order valence-electron chi connectivity index (χ1n) is 6.18. The molecule has 1 atom stereocenters. The number of ether oxygens (including phenoxy) is 1. The molecule has 4 heteroatoms. The van der Waals surface area contributed by atoms with Gasteiger partial charge < -0.3 is 15.4 Å². The van der Waals surface area contributed by atoms with E-state index in [0.717, 1.165) is 11.3 Å². The van der Waals surface area contributed by atoms with Crippen molar-refractivity contribution in [2.45, 2.75) is 39.5 Å². The Hall–Kier alpha value is -1.55. The van der Waals surface area contributed by atoms with E-state index in [1.807, 2.05) is 45.0 Å². The number of amides is 1. The number of rotatable bonds is 6. The molecule has 0 aromatic heterocycles. The zero-order chi connectivity index (χ0) is 13.5. The van der Waals surface area contributed by atoms with Crippen molar-refractivity contribution in [2.24, 2.45) is 0 Å². The molecule has 0 fully saturated rings. The summed E-state index contributed by atoms with van der Waals surface area (Å²) in [5.41, 5.74) is 1.98. The van der Waals surface area contributed by atoms with Gasteiger partial charge in [-0.05, 0) is 26.8 Å². The largest absolute Gasteiger partial charge is 0.380 e. The molecule has 1 rings (SSSR count). The molecule has 1 unspecified atom stereocenters. The summed E-state index contributed by atoms with van der Waals surface area (Å²) in [7, 11) is 1.66. The third-order valence-corrected chi connectivity index (χ3v) is 2.51. The lowest BCUT2D eigenvalue weighted by Crippen LogP contribution is -2.41. The SMILES string of the molecule is COCc1ccccc1NC(C)C(=O)NC(C)C. The molecule has 100 valence electrons. The molecule has 18 heavy (non-hydrogen) atoms. The second-order valence-corrected chi connectivity index (χ2v) is 4.62. The quantitative estimate of drug-likeness (QED) is 0.813. The van der Waals surface area contributed by atoms with Gasteiger partial charge in [-0.15, -0.1) is 0 Å². The van der Waals surface area contributed by atoms with Gasteiger partial charge in [0.25, 0.3) is 0 Å². The molecule has 2 N–H and O–H groups in total. The van der Waals surface area contributed by atoms with E-state index in [4.69, 9.17) is 4.74 Å². The molecule has 0 spiro atoms. The summed E-state index contributed by atoms with van der Waals surface area (Å²) in [4.78, 5) is 11.8. The van der Waals surface area contributed by atoms with Gasteiger partial charge in [-0.2, -0.15) is 0 Å². The van der Waals surface area contributed by atoms with Crippen molar-refractivity contribution in [2.75, 3.05) is 12.4 Å². The third kappa shape index (κ3) is 4.37. The fraction of sp³-hybridized carbons (Fsp3) is 0.500. The molecule has 0 radical (unpaired) electrons. The topological polar surface area (TPSA) is 50.4 Å². The number of hydrogen-bond donors (Lipinski definition) is 2. The van der Waals surface area contributed by atoms with Crippen molar-refractivity contribution >= 4 is 11.6 Å². The minimum atomic E-state index is -0.273. The molecule has 0 aliphatic carbocycles. The van der Waals surface area contributed by atoms with Crippen molar-refractivity contribution in [3.05, 3.63) is 29.8 Å². The molecule has 0 aliphatic heterocycles. The van der Waals surface area contributed by atoms with E-state index in [-0.39, 0.29) is 18.0 Å². The lowest BCUT2D eigenvalue weighted by Gasteiger charge is -2.19. The highest BCUT2D eigenvalue weighted by Crippen LogP contribution is 2.16. The second-order valence-electron chi connectivity index (χ2n) is 4.62. The Kier molecular flexibility index (Phi) is 5.65. The number of carbonyl (C=O) groups is 1. The fourth-order valence-corrected chi connectivity index (χ4v) is 1.65. The van der Waals surface area contributed by atoms with E-state index in [2.05, 4.69) is 10.6 Å². The third-order valence-electron chi connectivity index (χ3n) is 2.51. The van der Waals surface area contributed by atoms with E-state index < -0.39 is 0 Å². The molecule has 1 aromatic rings. The molecule has 1 aromatic carbocycles. The second kappa shape index (κ2) is 7.01. The van der Waals surface area contributed by atoms with Gasteiger partial charge in [-0.3, -0.25) is 4.79 Å². The highest BCUT2D eigenvalue weighted by atomic mass is 16.5. The van der Waals surface area contributed by atoms with E-state index in [9.17, 15) is 4.79 Å². The fourth-order valence-electron chi connectivity index (χ4n) is 1.65. The smallest absolute Gasteiger partial charge is 0.242 e. The molecule has 0 bridgehead atoms. The van der Waals surface area contributed by atoms with Crippen LogP contribution in [-0.4, -0.2) is 25.1 Å². The molecule has 0 saturated carbocycles. The first-order valence-corrected chi connectivity index (χ1v) is 6.18. The van der Waals surface area contributed by atoms with Gasteiger partial charge in [-0.1, -0.05) is 18.2 Å². The predicted molar refractivity (Wildman–Crippen MR) is 73.5 cm³/mol. The number of methoxy groups -OCH3 is 1. The van der Waals surface area contributed by atoms with Crippen LogP contribution in [0.1, 0.15) is 26.3 Å². The zero-order valence-electron chi connectivity index (χ0n) is 11.5. The standard InChI is InChI=1S/C14H22N2O2/c1-10(2)15-14(17)11(3)16-13-8-6-5-7-12(13)9-18-4/h5-8,10-11,16H,9H2,1-4H3,(H,15,17). The lowest BCUT2D eigenvalue weighted by atomic mass is 10.1. The van der Waals surface area contributed by atoms with Crippen LogP contribution in [0.25, 0.3) is 0 Å². The summed E-state index contributed by atoms with van der Waals surface area (Å²) in [5, 5.41) is 6.09. The van der Waals surface area contributed by atoms with Crippen LogP contribution in [0.4, 0.5) is 5.69 Å². The molecule has 4 nitrogen and oxygen atoms in total. The average molecular weight is 250 g/mol. The molecule has 0 heterocycles. The Morgan fingerprint density at radius 1 is 1.28 bits per heavy atom.